The predicted molar refractivity (Wildman–Crippen MR) is 65.4 cm³/mol. The van der Waals surface area contributed by atoms with Crippen molar-refractivity contribution in [3.63, 3.8) is 0 Å². The van der Waals surface area contributed by atoms with Crippen molar-refractivity contribution in [2.75, 3.05) is 6.61 Å². The van der Waals surface area contributed by atoms with Gasteiger partial charge in [0, 0.05) is 6.61 Å². The van der Waals surface area contributed by atoms with Crippen LogP contribution in [-0.4, -0.2) is 11.7 Å². The number of aryl methyl sites for hydroxylation is 2. The fourth-order valence-corrected chi connectivity index (χ4v) is 1.83. The first kappa shape index (κ1) is 12.3. The molecule has 0 atom stereocenters. The number of rotatable bonds is 4. The van der Waals surface area contributed by atoms with Crippen molar-refractivity contribution < 1.29 is 5.11 Å². The molecule has 0 fully saturated rings. The van der Waals surface area contributed by atoms with E-state index in [-0.39, 0.29) is 6.61 Å². The summed E-state index contributed by atoms with van der Waals surface area (Å²) in [6.07, 6.45) is 1.85. The van der Waals surface area contributed by atoms with Gasteiger partial charge in [-0.25, -0.2) is 0 Å². The van der Waals surface area contributed by atoms with Crippen LogP contribution in [0.15, 0.2) is 12.1 Å². The number of hydrogen-bond acceptors (Lipinski definition) is 1. The third-order valence-electron chi connectivity index (χ3n) is 3.07. The molecule has 0 saturated heterocycles. The second-order valence-corrected chi connectivity index (χ2v) is 4.60. The van der Waals surface area contributed by atoms with Crippen molar-refractivity contribution >= 4 is 0 Å². The molecule has 84 valence electrons. The molecule has 0 spiro atoms. The first-order valence-electron chi connectivity index (χ1n) is 5.77. The Bertz CT molecular complexity index is 326. The van der Waals surface area contributed by atoms with Crippen LogP contribution in [0.25, 0.3) is 0 Å². The minimum atomic E-state index is 0.282. The number of aliphatic hydroxyl groups is 1. The maximum Gasteiger partial charge on any atom is 0.0434 e. The summed E-state index contributed by atoms with van der Waals surface area (Å²) in [4.78, 5) is 0. The number of hydrogen-bond donors (Lipinski definition) is 1. The molecule has 0 amide bonds. The molecule has 0 aliphatic carbocycles. The van der Waals surface area contributed by atoms with Gasteiger partial charge in [-0.1, -0.05) is 26.0 Å². The minimum absolute atomic E-state index is 0.282. The summed E-state index contributed by atoms with van der Waals surface area (Å²) in [5.41, 5.74) is 5.56. The van der Waals surface area contributed by atoms with E-state index in [0.29, 0.717) is 5.92 Å². The molecule has 0 aromatic heterocycles. The van der Waals surface area contributed by atoms with Gasteiger partial charge in [-0.15, -0.1) is 0 Å². The van der Waals surface area contributed by atoms with Crippen molar-refractivity contribution in [1.82, 2.24) is 0 Å². The Balaban J connectivity index is 3.02. The van der Waals surface area contributed by atoms with Crippen LogP contribution < -0.4 is 0 Å². The van der Waals surface area contributed by atoms with Crippen LogP contribution in [0.2, 0.25) is 0 Å². The highest BCUT2D eigenvalue weighted by molar-refractivity contribution is 5.39. The molecule has 0 radical (unpaired) electrons. The molecule has 15 heavy (non-hydrogen) atoms. The van der Waals surface area contributed by atoms with E-state index in [4.69, 9.17) is 5.11 Å². The van der Waals surface area contributed by atoms with Crippen LogP contribution >= 0.6 is 0 Å². The maximum atomic E-state index is 8.87. The summed E-state index contributed by atoms with van der Waals surface area (Å²) in [7, 11) is 0. The van der Waals surface area contributed by atoms with Crippen LogP contribution in [0.1, 0.15) is 48.4 Å². The topological polar surface area (TPSA) is 20.2 Å². The quantitative estimate of drug-likeness (QED) is 0.801. The van der Waals surface area contributed by atoms with Gasteiger partial charge in [0.15, 0.2) is 0 Å². The first-order chi connectivity index (χ1) is 7.06. The highest BCUT2D eigenvalue weighted by atomic mass is 16.2. The minimum Gasteiger partial charge on any atom is -0.396 e. The smallest absolute Gasteiger partial charge is 0.0434 e. The molecule has 0 aliphatic heterocycles. The fourth-order valence-electron chi connectivity index (χ4n) is 1.83. The molecule has 1 nitrogen and oxygen atoms in total. The van der Waals surface area contributed by atoms with E-state index in [1.165, 1.54) is 22.3 Å². The summed E-state index contributed by atoms with van der Waals surface area (Å²) < 4.78 is 0. The molecule has 0 saturated carbocycles. The van der Waals surface area contributed by atoms with Crippen LogP contribution in [0.3, 0.4) is 0 Å². The molecule has 0 heterocycles. The van der Waals surface area contributed by atoms with E-state index in [1.54, 1.807) is 0 Å². The molecule has 1 N–H and O–H groups in total. The van der Waals surface area contributed by atoms with Gasteiger partial charge < -0.3 is 5.11 Å². The van der Waals surface area contributed by atoms with E-state index in [2.05, 4.69) is 39.8 Å². The van der Waals surface area contributed by atoms with E-state index >= 15 is 0 Å². The van der Waals surface area contributed by atoms with Crippen molar-refractivity contribution in [1.29, 1.82) is 0 Å². The third kappa shape index (κ3) is 3.07. The molecular weight excluding hydrogens is 184 g/mol. The lowest BCUT2D eigenvalue weighted by molar-refractivity contribution is 0.288. The molecule has 0 unspecified atom stereocenters. The summed E-state index contributed by atoms with van der Waals surface area (Å²) >= 11 is 0. The van der Waals surface area contributed by atoms with Crippen molar-refractivity contribution in [3.8, 4) is 0 Å². The summed E-state index contributed by atoms with van der Waals surface area (Å²) in [6, 6.07) is 4.57. The molecule has 0 aliphatic rings. The Kier molecular flexibility index (Phi) is 4.34. The lowest BCUT2D eigenvalue weighted by Gasteiger charge is -2.14. The Morgan fingerprint density at radius 2 is 1.87 bits per heavy atom. The predicted octanol–water partition coefficient (Wildman–Crippen LogP) is 3.35. The largest absolute Gasteiger partial charge is 0.396 e. The molecule has 1 aromatic rings. The molecule has 1 rings (SSSR count). The lowest BCUT2D eigenvalue weighted by atomic mass is 9.92. The third-order valence-corrected chi connectivity index (χ3v) is 3.07. The van der Waals surface area contributed by atoms with E-state index in [0.717, 1.165) is 12.8 Å². The molecular formula is C14H22O. The first-order valence-corrected chi connectivity index (χ1v) is 5.77. The van der Waals surface area contributed by atoms with Gasteiger partial charge in [0.25, 0.3) is 0 Å². The zero-order valence-electron chi connectivity index (χ0n) is 10.3. The summed E-state index contributed by atoms with van der Waals surface area (Å²) in [5, 5.41) is 8.87. The van der Waals surface area contributed by atoms with Crippen molar-refractivity contribution in [2.45, 2.75) is 46.5 Å². The van der Waals surface area contributed by atoms with Crippen LogP contribution in [0.4, 0.5) is 0 Å². The summed E-state index contributed by atoms with van der Waals surface area (Å²) in [5.74, 6) is 0.581. The second-order valence-electron chi connectivity index (χ2n) is 4.60. The molecule has 1 heteroatoms. The van der Waals surface area contributed by atoms with Crippen LogP contribution in [-0.2, 0) is 6.42 Å². The average molecular weight is 206 g/mol. The number of aliphatic hydroxyl groups excluding tert-OH is 1. The Labute approximate surface area is 93.1 Å². The second kappa shape index (κ2) is 5.32. The van der Waals surface area contributed by atoms with Crippen molar-refractivity contribution in [2.24, 2.45) is 0 Å². The lowest BCUT2D eigenvalue weighted by Crippen LogP contribution is -1.99. The van der Waals surface area contributed by atoms with Gasteiger partial charge in [0.05, 0.1) is 0 Å². The van der Waals surface area contributed by atoms with Gasteiger partial charge >= 0.3 is 0 Å². The van der Waals surface area contributed by atoms with Gasteiger partial charge in [-0.2, -0.15) is 0 Å². The standard InChI is InChI=1S/C14H22O/c1-10(2)14-8-11(3)12(4)13(9-14)6-5-7-15/h8-10,15H,5-7H2,1-4H3. The van der Waals surface area contributed by atoms with Gasteiger partial charge in [-0.3, -0.25) is 0 Å². The van der Waals surface area contributed by atoms with Gasteiger partial charge in [0.2, 0.25) is 0 Å². The number of benzene rings is 1. The average Bonchev–Trinajstić information content (AvgIpc) is 2.19. The Hall–Kier alpha value is -0.820. The van der Waals surface area contributed by atoms with Gasteiger partial charge in [-0.05, 0) is 54.9 Å². The van der Waals surface area contributed by atoms with E-state index in [1.807, 2.05) is 0 Å². The summed E-state index contributed by atoms with van der Waals surface area (Å²) in [6.45, 7) is 9.07. The van der Waals surface area contributed by atoms with Crippen molar-refractivity contribution in [3.05, 3.63) is 34.4 Å². The molecule has 0 bridgehead atoms. The van der Waals surface area contributed by atoms with E-state index < -0.39 is 0 Å². The highest BCUT2D eigenvalue weighted by Gasteiger charge is 2.06. The zero-order chi connectivity index (χ0) is 11.4. The zero-order valence-corrected chi connectivity index (χ0v) is 10.3. The SMILES string of the molecule is Cc1cc(C(C)C)cc(CCCO)c1C. The maximum absolute atomic E-state index is 8.87. The monoisotopic (exact) mass is 206 g/mol. The molecule has 1 aromatic carbocycles. The Morgan fingerprint density at radius 1 is 1.20 bits per heavy atom. The van der Waals surface area contributed by atoms with Crippen LogP contribution in [0.5, 0.6) is 0 Å². The fraction of sp³-hybridized carbons (Fsp3) is 0.571. The van der Waals surface area contributed by atoms with Crippen LogP contribution in [0, 0.1) is 13.8 Å². The van der Waals surface area contributed by atoms with E-state index in [9.17, 15) is 0 Å². The highest BCUT2D eigenvalue weighted by Crippen LogP contribution is 2.22. The van der Waals surface area contributed by atoms with Gasteiger partial charge in [0.1, 0.15) is 0 Å². The normalized spacial score (nSPS) is 11.1. The Morgan fingerprint density at radius 3 is 2.40 bits per heavy atom.